The molecule has 0 aliphatic rings. The Morgan fingerprint density at radius 1 is 1.11 bits per heavy atom. The highest BCUT2D eigenvalue weighted by Gasteiger charge is 2.10. The Morgan fingerprint density at radius 2 is 1.84 bits per heavy atom. The van der Waals surface area contributed by atoms with E-state index in [0.717, 1.165) is 12.8 Å². The van der Waals surface area contributed by atoms with Crippen molar-refractivity contribution in [3.63, 3.8) is 0 Å². The number of nitrogens with zero attached hydrogens (tertiary/aromatic N) is 3. The number of methoxy groups -OCH3 is 1. The molecule has 0 saturated carbocycles. The number of nitrogens with one attached hydrogen (secondary N) is 1. The lowest BCUT2D eigenvalue weighted by molar-refractivity contribution is 0.186. The number of anilines is 1. The van der Waals surface area contributed by atoms with Gasteiger partial charge in [0.2, 0.25) is 5.95 Å². The summed E-state index contributed by atoms with van der Waals surface area (Å²) in [6.07, 6.45) is 6.02. The fourth-order valence-electron chi connectivity index (χ4n) is 1.69. The predicted octanol–water partition coefficient (Wildman–Crippen LogP) is 2.66. The highest BCUT2D eigenvalue weighted by molar-refractivity contribution is 5.26. The zero-order valence-corrected chi connectivity index (χ0v) is 12.3. The van der Waals surface area contributed by atoms with Crippen LogP contribution in [0.4, 0.5) is 5.95 Å². The van der Waals surface area contributed by atoms with Gasteiger partial charge in [0.1, 0.15) is 0 Å². The van der Waals surface area contributed by atoms with E-state index in [0.29, 0.717) is 12.0 Å². The molecule has 0 aromatic carbocycles. The molecule has 1 rings (SSSR count). The van der Waals surface area contributed by atoms with Crippen LogP contribution < -0.4 is 14.8 Å². The lowest BCUT2D eigenvalue weighted by Gasteiger charge is -2.13. The fraction of sp³-hybridized carbons (Fsp3) is 0.769. The Kier molecular flexibility index (Phi) is 6.92. The Bertz CT molecular complexity index is 351. The van der Waals surface area contributed by atoms with E-state index in [1.54, 1.807) is 7.05 Å². The molecule has 0 aliphatic heterocycles. The highest BCUT2D eigenvalue weighted by Crippen LogP contribution is 2.15. The van der Waals surface area contributed by atoms with Gasteiger partial charge in [-0.05, 0) is 19.8 Å². The maximum absolute atomic E-state index is 5.70. The summed E-state index contributed by atoms with van der Waals surface area (Å²) in [5.74, 6) is 0.444. The van der Waals surface area contributed by atoms with Crippen LogP contribution in [0.25, 0.3) is 0 Å². The summed E-state index contributed by atoms with van der Waals surface area (Å²) >= 11 is 0. The SMILES string of the molecule is CCCCCCC(C)Oc1nc(NC)nc(OC)n1. The van der Waals surface area contributed by atoms with E-state index >= 15 is 0 Å². The van der Waals surface area contributed by atoms with E-state index in [1.807, 2.05) is 6.92 Å². The van der Waals surface area contributed by atoms with E-state index in [9.17, 15) is 0 Å². The van der Waals surface area contributed by atoms with Gasteiger partial charge in [-0.1, -0.05) is 26.2 Å². The molecule has 1 atom stereocenters. The lowest BCUT2D eigenvalue weighted by Crippen LogP contribution is -2.14. The minimum absolute atomic E-state index is 0.0914. The van der Waals surface area contributed by atoms with Crippen molar-refractivity contribution in [2.75, 3.05) is 19.5 Å². The smallest absolute Gasteiger partial charge is 0.324 e. The van der Waals surface area contributed by atoms with Gasteiger partial charge in [-0.2, -0.15) is 9.97 Å². The summed E-state index contributed by atoms with van der Waals surface area (Å²) in [4.78, 5) is 12.3. The van der Waals surface area contributed by atoms with Crippen LogP contribution in [0.15, 0.2) is 0 Å². The van der Waals surface area contributed by atoms with Crippen LogP contribution >= 0.6 is 0 Å². The minimum Gasteiger partial charge on any atom is -0.467 e. The standard InChI is InChI=1S/C13H24N4O2/c1-5-6-7-8-9-10(2)19-13-16-11(14-3)15-12(17-13)18-4/h10H,5-9H2,1-4H3,(H,14,15,16,17). The van der Waals surface area contributed by atoms with Crippen LogP contribution in [-0.4, -0.2) is 35.2 Å². The molecule has 6 heteroatoms. The molecular formula is C13H24N4O2. The second kappa shape index (κ2) is 8.50. The zero-order chi connectivity index (χ0) is 14.1. The van der Waals surface area contributed by atoms with Crippen molar-refractivity contribution in [2.24, 2.45) is 0 Å². The van der Waals surface area contributed by atoms with Crippen LogP contribution in [0, 0.1) is 0 Å². The molecule has 0 fully saturated rings. The molecule has 0 radical (unpaired) electrons. The maximum Gasteiger partial charge on any atom is 0.324 e. The molecule has 1 aromatic rings. The number of hydrogen-bond acceptors (Lipinski definition) is 6. The maximum atomic E-state index is 5.70. The topological polar surface area (TPSA) is 69.2 Å². The number of ether oxygens (including phenoxy) is 2. The van der Waals surface area contributed by atoms with Crippen molar-refractivity contribution in [1.82, 2.24) is 15.0 Å². The third-order valence-electron chi connectivity index (χ3n) is 2.77. The number of hydrogen-bond donors (Lipinski definition) is 1. The molecule has 1 unspecified atom stereocenters. The normalized spacial score (nSPS) is 12.0. The molecule has 0 spiro atoms. The molecule has 0 amide bonds. The summed E-state index contributed by atoms with van der Waals surface area (Å²) in [6.45, 7) is 4.23. The first-order valence-electron chi connectivity index (χ1n) is 6.84. The molecule has 0 bridgehead atoms. The largest absolute Gasteiger partial charge is 0.467 e. The summed E-state index contributed by atoms with van der Waals surface area (Å²) < 4.78 is 10.7. The Morgan fingerprint density at radius 3 is 2.47 bits per heavy atom. The van der Waals surface area contributed by atoms with Gasteiger partial charge in [0.05, 0.1) is 13.2 Å². The van der Waals surface area contributed by atoms with Crippen molar-refractivity contribution >= 4 is 5.95 Å². The average Bonchev–Trinajstić information content (AvgIpc) is 2.43. The van der Waals surface area contributed by atoms with Gasteiger partial charge in [0.25, 0.3) is 0 Å². The van der Waals surface area contributed by atoms with Gasteiger partial charge in [-0.15, -0.1) is 4.98 Å². The average molecular weight is 268 g/mol. The van der Waals surface area contributed by atoms with Crippen molar-refractivity contribution in [3.05, 3.63) is 0 Å². The van der Waals surface area contributed by atoms with Crippen LogP contribution in [0.2, 0.25) is 0 Å². The lowest BCUT2D eigenvalue weighted by atomic mass is 10.1. The van der Waals surface area contributed by atoms with Gasteiger partial charge in [0.15, 0.2) is 0 Å². The van der Waals surface area contributed by atoms with Crippen LogP contribution in [0.1, 0.15) is 46.0 Å². The van der Waals surface area contributed by atoms with Gasteiger partial charge in [-0.25, -0.2) is 0 Å². The monoisotopic (exact) mass is 268 g/mol. The third kappa shape index (κ3) is 5.72. The Balaban J connectivity index is 2.50. The molecule has 1 aromatic heterocycles. The van der Waals surface area contributed by atoms with Crippen molar-refractivity contribution in [3.8, 4) is 12.0 Å². The van der Waals surface area contributed by atoms with Gasteiger partial charge < -0.3 is 14.8 Å². The van der Waals surface area contributed by atoms with Crippen LogP contribution in [0.5, 0.6) is 12.0 Å². The van der Waals surface area contributed by atoms with Crippen LogP contribution in [-0.2, 0) is 0 Å². The van der Waals surface area contributed by atoms with Crippen LogP contribution in [0.3, 0.4) is 0 Å². The number of rotatable bonds is 9. The molecule has 1 heterocycles. The van der Waals surface area contributed by atoms with Crippen molar-refractivity contribution in [2.45, 2.75) is 52.1 Å². The number of unbranched alkanes of at least 4 members (excludes halogenated alkanes) is 3. The van der Waals surface area contributed by atoms with Crippen molar-refractivity contribution < 1.29 is 9.47 Å². The number of aromatic nitrogens is 3. The fourth-order valence-corrected chi connectivity index (χ4v) is 1.69. The molecule has 108 valence electrons. The first kappa shape index (κ1) is 15.5. The van der Waals surface area contributed by atoms with Gasteiger partial charge >= 0.3 is 12.0 Å². The molecule has 0 aliphatic carbocycles. The predicted molar refractivity (Wildman–Crippen MR) is 74.8 cm³/mol. The summed E-state index contributed by atoms with van der Waals surface area (Å²) in [6, 6.07) is 0.562. The first-order chi connectivity index (χ1) is 9.19. The van der Waals surface area contributed by atoms with E-state index in [1.165, 1.54) is 26.4 Å². The first-order valence-corrected chi connectivity index (χ1v) is 6.84. The van der Waals surface area contributed by atoms with E-state index in [4.69, 9.17) is 9.47 Å². The zero-order valence-electron chi connectivity index (χ0n) is 12.3. The molecule has 0 saturated heterocycles. The molecular weight excluding hydrogens is 244 g/mol. The van der Waals surface area contributed by atoms with Crippen molar-refractivity contribution in [1.29, 1.82) is 0 Å². The highest BCUT2D eigenvalue weighted by atomic mass is 16.5. The second-order valence-corrected chi connectivity index (χ2v) is 4.46. The summed E-state index contributed by atoms with van der Waals surface area (Å²) in [5.41, 5.74) is 0. The quantitative estimate of drug-likeness (QED) is 0.694. The minimum atomic E-state index is 0.0914. The van der Waals surface area contributed by atoms with Gasteiger partial charge in [-0.3, -0.25) is 0 Å². The van der Waals surface area contributed by atoms with E-state index < -0.39 is 0 Å². The Hall–Kier alpha value is -1.59. The Labute approximate surface area is 115 Å². The van der Waals surface area contributed by atoms with E-state index in [2.05, 4.69) is 27.2 Å². The summed E-state index contributed by atoms with van der Waals surface area (Å²) in [7, 11) is 3.26. The molecule has 19 heavy (non-hydrogen) atoms. The second-order valence-electron chi connectivity index (χ2n) is 4.46. The van der Waals surface area contributed by atoms with Gasteiger partial charge in [0, 0.05) is 7.05 Å². The summed E-state index contributed by atoms with van der Waals surface area (Å²) in [5, 5.41) is 2.85. The third-order valence-corrected chi connectivity index (χ3v) is 2.77. The van der Waals surface area contributed by atoms with E-state index in [-0.39, 0.29) is 12.1 Å². The molecule has 1 N–H and O–H groups in total. The molecule has 6 nitrogen and oxygen atoms in total.